The smallest absolute Gasteiger partial charge is 1.00 e. The summed E-state index contributed by atoms with van der Waals surface area (Å²) in [6.07, 6.45) is 4.12. The van der Waals surface area contributed by atoms with Gasteiger partial charge in [-0.05, 0) is 24.3 Å². The monoisotopic (exact) mass is 358 g/mol. The van der Waals surface area contributed by atoms with Crippen LogP contribution in [-0.2, 0) is 28.7 Å². The molecule has 2 rings (SSSR count). The summed E-state index contributed by atoms with van der Waals surface area (Å²) >= 11 is 0. The van der Waals surface area contributed by atoms with E-state index in [9.17, 15) is 24.0 Å². The van der Waals surface area contributed by atoms with Crippen LogP contribution in [0.1, 0.15) is 5.71 Å². The Kier molecular flexibility index (Phi) is 9.29. The summed E-state index contributed by atoms with van der Waals surface area (Å²) in [6, 6.07) is 0. The predicted octanol–water partition coefficient (Wildman–Crippen LogP) is 0.0118. The maximum Gasteiger partial charge on any atom is 2.00 e. The molecule has 0 atom stereocenters. The van der Waals surface area contributed by atoms with Crippen LogP contribution in [0.15, 0.2) is 48.0 Å². The predicted molar refractivity (Wildman–Crippen MR) is 78.0 cm³/mol. The second-order valence-corrected chi connectivity index (χ2v) is 3.67. The molecule has 108 valence electrons. The molecule has 0 aliphatic heterocycles. The minimum Gasteiger partial charge on any atom is -1.00 e. The molecule has 0 saturated carbocycles. The van der Waals surface area contributed by atoms with Crippen molar-refractivity contribution >= 4 is 105 Å². The molecule has 0 aromatic rings. The minimum atomic E-state index is -1.39. The zero-order valence-corrected chi connectivity index (χ0v) is 15.7. The van der Waals surface area contributed by atoms with Crippen molar-refractivity contribution in [2.45, 2.75) is 0 Å². The summed E-state index contributed by atoms with van der Waals surface area (Å²) in [5, 5.41) is 0. The van der Waals surface area contributed by atoms with Gasteiger partial charge in [0.05, 0.1) is 0 Å². The number of rotatable bonds is 2. The van der Waals surface area contributed by atoms with Crippen LogP contribution in [-0.4, -0.2) is 105 Å². The molecule has 0 N–H and O–H groups in total. The molecular weight excluding hydrogens is 348 g/mol. The van der Waals surface area contributed by atoms with Crippen molar-refractivity contribution in [1.82, 2.24) is 0 Å². The standard InChI is InChI=1S/C13H6O7.2Ca.4H/c14-7-1-3-9(16)11(5-7)19-13(18)20-12-6-8(15)2-4-10(12)17;;;;;;/h1-6H;;;;;;/q;2*+2;4*-1. The van der Waals surface area contributed by atoms with Gasteiger partial charge in [0, 0.05) is 12.2 Å². The first-order valence-corrected chi connectivity index (χ1v) is 5.31. The van der Waals surface area contributed by atoms with Gasteiger partial charge < -0.3 is 15.2 Å². The minimum absolute atomic E-state index is 0. The van der Waals surface area contributed by atoms with Crippen LogP contribution < -0.4 is 0 Å². The van der Waals surface area contributed by atoms with Gasteiger partial charge in [-0.25, -0.2) is 4.79 Å². The van der Waals surface area contributed by atoms with E-state index in [0.29, 0.717) is 0 Å². The van der Waals surface area contributed by atoms with Crippen molar-refractivity contribution < 1.29 is 39.2 Å². The average Bonchev–Trinajstić information content (AvgIpc) is 2.38. The van der Waals surface area contributed by atoms with Crippen molar-refractivity contribution in [1.29, 1.82) is 0 Å². The molecule has 0 spiro atoms. The van der Waals surface area contributed by atoms with Crippen LogP contribution in [0.5, 0.6) is 0 Å². The van der Waals surface area contributed by atoms with Gasteiger partial charge in [0.1, 0.15) is 0 Å². The van der Waals surface area contributed by atoms with Crippen molar-refractivity contribution in [3.8, 4) is 0 Å². The van der Waals surface area contributed by atoms with Gasteiger partial charge in [-0.1, -0.05) is 0 Å². The molecule has 22 heavy (non-hydrogen) atoms. The van der Waals surface area contributed by atoms with Crippen LogP contribution in [0.4, 0.5) is 4.79 Å². The van der Waals surface area contributed by atoms with Crippen LogP contribution in [0.3, 0.4) is 0 Å². The second-order valence-electron chi connectivity index (χ2n) is 3.67. The molecule has 9 heteroatoms. The van der Waals surface area contributed by atoms with E-state index < -0.39 is 40.8 Å². The maximum atomic E-state index is 11.4. The molecule has 7 nitrogen and oxygen atoms in total. The SMILES string of the molecule is O=C1C=CC(=O)C(OC(=O)OC2=CC(=O)C=CC2=O)=C1.[Ca+2].[Ca+2].[H-].[H-].[H-].[H-]. The van der Waals surface area contributed by atoms with E-state index >= 15 is 0 Å². The Balaban J connectivity index is -0.000000245. The molecule has 0 aromatic heterocycles. The first-order valence-electron chi connectivity index (χ1n) is 5.31. The molecule has 0 unspecified atom stereocenters. The number of hydrogen-bond donors (Lipinski definition) is 0. The molecule has 0 bridgehead atoms. The van der Waals surface area contributed by atoms with E-state index in [-0.39, 0.29) is 81.2 Å². The van der Waals surface area contributed by atoms with Crippen molar-refractivity contribution in [2.75, 3.05) is 0 Å². The van der Waals surface area contributed by atoms with Crippen molar-refractivity contribution in [3.63, 3.8) is 0 Å². The van der Waals surface area contributed by atoms with Crippen molar-refractivity contribution in [2.24, 2.45) is 0 Å². The van der Waals surface area contributed by atoms with E-state index in [1.165, 1.54) is 0 Å². The van der Waals surface area contributed by atoms with Crippen LogP contribution in [0.2, 0.25) is 0 Å². The summed E-state index contributed by atoms with van der Waals surface area (Å²) in [7, 11) is 0. The Morgan fingerprint density at radius 1 is 0.727 bits per heavy atom. The van der Waals surface area contributed by atoms with E-state index in [4.69, 9.17) is 0 Å². The van der Waals surface area contributed by atoms with Gasteiger partial charge in [0.15, 0.2) is 23.1 Å². The van der Waals surface area contributed by atoms with Crippen LogP contribution >= 0.6 is 0 Å². The first kappa shape index (κ1) is 21.4. The molecule has 2 aliphatic carbocycles. The molecule has 0 fully saturated rings. The Hall–Kier alpha value is -0.571. The second kappa shape index (κ2) is 9.54. The average molecular weight is 358 g/mol. The fraction of sp³-hybridized carbons (Fsp3) is 0. The van der Waals surface area contributed by atoms with Crippen molar-refractivity contribution in [3.05, 3.63) is 48.0 Å². The van der Waals surface area contributed by atoms with E-state index in [1.54, 1.807) is 0 Å². The summed E-state index contributed by atoms with van der Waals surface area (Å²) in [4.78, 5) is 56.0. The van der Waals surface area contributed by atoms with E-state index in [1.807, 2.05) is 0 Å². The molecule has 0 saturated heterocycles. The molecule has 0 radical (unpaired) electrons. The summed E-state index contributed by atoms with van der Waals surface area (Å²) < 4.78 is 9.02. The summed E-state index contributed by atoms with van der Waals surface area (Å²) in [6.45, 7) is 0. The zero-order chi connectivity index (χ0) is 14.7. The molecular formula is C13H10Ca2O7. The normalized spacial score (nSPS) is 16.2. The number of carbonyl (C=O) groups is 5. The van der Waals surface area contributed by atoms with Gasteiger partial charge >= 0.3 is 81.6 Å². The fourth-order valence-electron chi connectivity index (χ4n) is 1.34. The number of ketones is 4. The maximum absolute atomic E-state index is 11.4. The topological polar surface area (TPSA) is 104 Å². The summed E-state index contributed by atoms with van der Waals surface area (Å²) in [5.41, 5.74) is 0. The Labute approximate surface area is 190 Å². The number of allylic oxidation sites excluding steroid dienone is 6. The van der Waals surface area contributed by atoms with E-state index in [0.717, 1.165) is 36.5 Å². The largest absolute Gasteiger partial charge is 2.00 e. The number of carbonyl (C=O) groups excluding carboxylic acids is 5. The van der Waals surface area contributed by atoms with Gasteiger partial charge in [-0.2, -0.15) is 0 Å². The third-order valence-electron chi connectivity index (χ3n) is 2.22. The summed E-state index contributed by atoms with van der Waals surface area (Å²) in [5.74, 6) is -3.48. The molecule has 0 aromatic carbocycles. The Bertz CT molecular complexity index is 628. The third kappa shape index (κ3) is 5.91. The molecule has 2 aliphatic rings. The first-order chi connectivity index (χ1) is 9.45. The number of hydrogen-bond acceptors (Lipinski definition) is 7. The Morgan fingerprint density at radius 3 is 1.45 bits per heavy atom. The number of ether oxygens (including phenoxy) is 2. The van der Waals surface area contributed by atoms with Gasteiger partial charge in [-0.15, -0.1) is 0 Å². The van der Waals surface area contributed by atoms with Gasteiger partial charge in [0.2, 0.25) is 11.6 Å². The van der Waals surface area contributed by atoms with Gasteiger partial charge in [0.25, 0.3) is 0 Å². The molecule has 0 amide bonds. The fourth-order valence-corrected chi connectivity index (χ4v) is 1.34. The Morgan fingerprint density at radius 2 is 1.09 bits per heavy atom. The quantitative estimate of drug-likeness (QED) is 0.389. The third-order valence-corrected chi connectivity index (χ3v) is 2.22. The van der Waals surface area contributed by atoms with Crippen LogP contribution in [0.25, 0.3) is 0 Å². The molecule has 0 heterocycles. The van der Waals surface area contributed by atoms with E-state index in [2.05, 4.69) is 9.47 Å². The van der Waals surface area contributed by atoms with Gasteiger partial charge in [-0.3, -0.25) is 19.2 Å². The van der Waals surface area contributed by atoms with Crippen LogP contribution in [0, 0.1) is 0 Å². The zero-order valence-electron chi connectivity index (χ0n) is 15.2.